The average Bonchev–Trinajstić information content (AvgIpc) is 3.19. The van der Waals surface area contributed by atoms with Gasteiger partial charge in [-0.2, -0.15) is 10.4 Å². The molecule has 0 fully saturated rings. The zero-order valence-electron chi connectivity index (χ0n) is 20.1. The van der Waals surface area contributed by atoms with Gasteiger partial charge >= 0.3 is 0 Å². The lowest BCUT2D eigenvalue weighted by Gasteiger charge is -2.22. The quantitative estimate of drug-likeness (QED) is 0.387. The van der Waals surface area contributed by atoms with Crippen LogP contribution in [0.25, 0.3) is 5.69 Å². The Balaban J connectivity index is 1.60. The number of nitrogens with one attached hydrogen (secondary N) is 2. The molecule has 9 heteroatoms. The molecule has 182 valence electrons. The lowest BCUT2D eigenvalue weighted by atomic mass is 10.0. The lowest BCUT2D eigenvalue weighted by molar-refractivity contribution is -0.123. The maximum atomic E-state index is 12.8. The van der Waals surface area contributed by atoms with Crippen LogP contribution in [0.3, 0.4) is 0 Å². The van der Waals surface area contributed by atoms with Crippen LogP contribution in [0.1, 0.15) is 41.9 Å². The minimum absolute atomic E-state index is 0.125. The molecule has 0 saturated heterocycles. The summed E-state index contributed by atoms with van der Waals surface area (Å²) in [5.74, 6) is -0.0534. The highest BCUT2D eigenvalue weighted by Crippen LogP contribution is 2.21. The Morgan fingerprint density at radius 2 is 1.83 bits per heavy atom. The third-order valence-corrected chi connectivity index (χ3v) is 5.58. The fourth-order valence-corrected chi connectivity index (χ4v) is 3.70. The third kappa shape index (κ3) is 5.98. The normalized spacial score (nSPS) is 11.5. The summed E-state index contributed by atoms with van der Waals surface area (Å²) in [5.41, 5.74) is 8.20. The Hall–Kier alpha value is -4.32. The molecule has 2 aromatic carbocycles. The number of para-hydroxylation sites is 2. The molecule has 3 rings (SSSR count). The highest BCUT2D eigenvalue weighted by Gasteiger charge is 2.25. The molecule has 0 aliphatic rings. The number of benzene rings is 2. The molecule has 0 bridgehead atoms. The van der Waals surface area contributed by atoms with Crippen LogP contribution < -0.4 is 21.1 Å². The number of anilines is 1. The van der Waals surface area contributed by atoms with Crippen LogP contribution in [0.15, 0.2) is 54.6 Å². The number of aryl methyl sites for hydroxylation is 1. The fraction of sp³-hybridized carbons (Fsp3) is 0.308. The summed E-state index contributed by atoms with van der Waals surface area (Å²) in [6.45, 7) is 4.09. The predicted octanol–water partition coefficient (Wildman–Crippen LogP) is 2.84. The molecular weight excluding hydrogens is 444 g/mol. The van der Waals surface area contributed by atoms with Gasteiger partial charge in [-0.05, 0) is 43.0 Å². The summed E-state index contributed by atoms with van der Waals surface area (Å²) < 4.78 is 6.80. The Morgan fingerprint density at radius 1 is 1.14 bits per heavy atom. The molecule has 1 aromatic heterocycles. The predicted molar refractivity (Wildman–Crippen MR) is 133 cm³/mol. The summed E-state index contributed by atoms with van der Waals surface area (Å²) in [5, 5.41) is 19.7. The minimum Gasteiger partial charge on any atom is -0.496 e. The molecule has 1 unspecified atom stereocenters. The Labute approximate surface area is 204 Å². The van der Waals surface area contributed by atoms with Crippen molar-refractivity contribution >= 4 is 17.6 Å². The Bertz CT molecular complexity index is 1210. The number of aromatic nitrogens is 2. The number of amides is 2. The van der Waals surface area contributed by atoms with Gasteiger partial charge in [-0.1, -0.05) is 44.2 Å². The van der Waals surface area contributed by atoms with E-state index in [0.717, 1.165) is 5.69 Å². The first-order valence-corrected chi connectivity index (χ1v) is 11.4. The van der Waals surface area contributed by atoms with Crippen LogP contribution in [-0.4, -0.2) is 41.3 Å². The van der Waals surface area contributed by atoms with E-state index in [1.165, 1.54) is 7.11 Å². The second-order valence-corrected chi connectivity index (χ2v) is 8.36. The molecule has 0 aliphatic carbocycles. The van der Waals surface area contributed by atoms with Gasteiger partial charge in [0, 0.05) is 6.54 Å². The van der Waals surface area contributed by atoms with Crippen molar-refractivity contribution in [3.63, 3.8) is 0 Å². The molecule has 0 aliphatic heterocycles. The number of carbonyl (C=O) groups is 2. The highest BCUT2D eigenvalue weighted by atomic mass is 16.5. The van der Waals surface area contributed by atoms with E-state index in [0.29, 0.717) is 42.0 Å². The van der Waals surface area contributed by atoms with Crippen LogP contribution in [0.4, 0.5) is 5.82 Å². The van der Waals surface area contributed by atoms with Crippen LogP contribution in [0.5, 0.6) is 5.75 Å². The molecular formula is C26H30N6O3. The Kier molecular flexibility index (Phi) is 8.46. The van der Waals surface area contributed by atoms with Crippen molar-refractivity contribution < 1.29 is 14.3 Å². The molecule has 3 aromatic rings. The van der Waals surface area contributed by atoms with Crippen molar-refractivity contribution in [3.05, 3.63) is 71.4 Å². The second-order valence-electron chi connectivity index (χ2n) is 8.36. The number of nitrogens with zero attached hydrogens (tertiary/aromatic N) is 3. The van der Waals surface area contributed by atoms with Gasteiger partial charge in [-0.25, -0.2) is 4.68 Å². The van der Waals surface area contributed by atoms with Gasteiger partial charge in [-0.3, -0.25) is 9.59 Å². The number of nitrogens with two attached hydrogens (primary N) is 1. The molecule has 35 heavy (non-hydrogen) atoms. The van der Waals surface area contributed by atoms with E-state index >= 15 is 0 Å². The molecule has 0 spiro atoms. The first-order chi connectivity index (χ1) is 16.9. The zero-order valence-corrected chi connectivity index (χ0v) is 20.1. The molecule has 1 atom stereocenters. The van der Waals surface area contributed by atoms with Gasteiger partial charge in [0.2, 0.25) is 5.91 Å². The minimum atomic E-state index is -0.713. The van der Waals surface area contributed by atoms with Crippen LogP contribution in [-0.2, 0) is 11.2 Å². The number of carbonyl (C=O) groups excluding carboxylic acids is 2. The van der Waals surface area contributed by atoms with E-state index < -0.39 is 6.04 Å². The van der Waals surface area contributed by atoms with E-state index in [1.54, 1.807) is 28.9 Å². The van der Waals surface area contributed by atoms with Gasteiger partial charge < -0.3 is 21.1 Å². The van der Waals surface area contributed by atoms with Crippen molar-refractivity contribution in [2.75, 3.05) is 19.4 Å². The highest BCUT2D eigenvalue weighted by molar-refractivity contribution is 5.99. The third-order valence-electron chi connectivity index (χ3n) is 5.58. The van der Waals surface area contributed by atoms with Gasteiger partial charge in [0.15, 0.2) is 0 Å². The number of nitrogen functional groups attached to an aromatic ring is 1. The van der Waals surface area contributed by atoms with Crippen molar-refractivity contribution in [2.45, 2.75) is 32.7 Å². The number of nitriles is 1. The second kappa shape index (κ2) is 11.7. The first-order valence-electron chi connectivity index (χ1n) is 11.4. The topological polar surface area (TPSA) is 135 Å². The van der Waals surface area contributed by atoms with Crippen molar-refractivity contribution in [2.24, 2.45) is 5.92 Å². The van der Waals surface area contributed by atoms with Crippen LogP contribution >= 0.6 is 0 Å². The summed E-state index contributed by atoms with van der Waals surface area (Å²) in [6, 6.07) is 17.6. The van der Waals surface area contributed by atoms with Gasteiger partial charge in [0.1, 0.15) is 29.2 Å². The number of hydrogen-bond acceptors (Lipinski definition) is 6. The average molecular weight is 475 g/mol. The molecule has 4 N–H and O–H groups in total. The molecule has 0 saturated carbocycles. The van der Waals surface area contributed by atoms with Crippen LogP contribution in [0.2, 0.25) is 0 Å². The number of hydrogen-bond donors (Lipinski definition) is 3. The molecule has 1 heterocycles. The maximum Gasteiger partial charge on any atom is 0.255 e. The zero-order chi connectivity index (χ0) is 25.4. The number of ether oxygens (including phenoxy) is 1. The van der Waals surface area contributed by atoms with Gasteiger partial charge in [0.25, 0.3) is 5.91 Å². The summed E-state index contributed by atoms with van der Waals surface area (Å²) >= 11 is 0. The van der Waals surface area contributed by atoms with E-state index in [9.17, 15) is 14.9 Å². The van der Waals surface area contributed by atoms with Crippen LogP contribution in [0, 0.1) is 17.2 Å². The summed E-state index contributed by atoms with van der Waals surface area (Å²) in [4.78, 5) is 25.6. The van der Waals surface area contributed by atoms with E-state index in [-0.39, 0.29) is 23.6 Å². The first kappa shape index (κ1) is 25.3. The number of rotatable bonds is 10. The number of methoxy groups -OCH3 is 1. The van der Waals surface area contributed by atoms with Crippen molar-refractivity contribution in [1.29, 1.82) is 5.26 Å². The molecule has 9 nitrogen and oxygen atoms in total. The van der Waals surface area contributed by atoms with Gasteiger partial charge in [-0.15, -0.1) is 0 Å². The fourth-order valence-electron chi connectivity index (χ4n) is 3.70. The monoisotopic (exact) mass is 474 g/mol. The van der Waals surface area contributed by atoms with Crippen molar-refractivity contribution in [3.8, 4) is 17.5 Å². The van der Waals surface area contributed by atoms with E-state index in [4.69, 9.17) is 10.5 Å². The van der Waals surface area contributed by atoms with Gasteiger partial charge in [0.05, 0.1) is 24.1 Å². The maximum absolute atomic E-state index is 12.8. The standard InChI is InChI=1S/C26H30N6O3/c1-17(2)23(30-25(33)19-12-7-8-14-22(19)35-3)26(34)29-15-9-13-21-20(16-27)24(28)32(31-21)18-10-5-4-6-11-18/h4-8,10-12,14,17,23H,9,13,15,28H2,1-3H3,(H,29,34)(H,30,33). The molecule has 2 amide bonds. The summed E-state index contributed by atoms with van der Waals surface area (Å²) in [6.07, 6.45) is 1.02. The smallest absolute Gasteiger partial charge is 0.255 e. The van der Waals surface area contributed by atoms with Crippen molar-refractivity contribution in [1.82, 2.24) is 20.4 Å². The molecule has 0 radical (unpaired) electrons. The van der Waals surface area contributed by atoms with E-state index in [2.05, 4.69) is 21.8 Å². The van der Waals surface area contributed by atoms with E-state index in [1.807, 2.05) is 44.2 Å². The summed E-state index contributed by atoms with van der Waals surface area (Å²) in [7, 11) is 1.49. The Morgan fingerprint density at radius 3 is 2.49 bits per heavy atom. The largest absolute Gasteiger partial charge is 0.496 e. The lowest BCUT2D eigenvalue weighted by Crippen LogP contribution is -2.50. The SMILES string of the molecule is COc1ccccc1C(=O)NC(C(=O)NCCCc1nn(-c2ccccc2)c(N)c1C#N)C(C)C.